The molecule has 0 aliphatic carbocycles. The Labute approximate surface area is 118 Å². The Morgan fingerprint density at radius 1 is 1.24 bits per heavy atom. The quantitative estimate of drug-likeness (QED) is 0.453. The molecule has 2 aromatic rings. The average molecular weight is 320 g/mol. The number of nitrogens with zero attached hydrogens (tertiary/aromatic N) is 2. The number of aromatic nitrogens is 4. The predicted molar refractivity (Wildman–Crippen MR) is 74.8 cm³/mol. The van der Waals surface area contributed by atoms with Crippen molar-refractivity contribution in [2.45, 2.75) is 20.3 Å². The van der Waals surface area contributed by atoms with E-state index in [2.05, 4.69) is 28.8 Å². The summed E-state index contributed by atoms with van der Waals surface area (Å²) in [5, 5.41) is 0. The smallest absolute Gasteiger partial charge is 0.336 e. The van der Waals surface area contributed by atoms with Crippen LogP contribution < -0.4 is 11.2 Å². The van der Waals surface area contributed by atoms with Crippen molar-refractivity contribution in [3.8, 4) is 0 Å². The molecule has 0 unspecified atom stereocenters. The van der Waals surface area contributed by atoms with E-state index < -0.39 is 13.5 Å². The van der Waals surface area contributed by atoms with Crippen molar-refractivity contribution in [1.82, 2.24) is 19.5 Å². The van der Waals surface area contributed by atoms with Crippen molar-refractivity contribution in [1.29, 1.82) is 0 Å². The number of hydrogen-bond donors (Lipinski definition) is 5. The van der Waals surface area contributed by atoms with Crippen molar-refractivity contribution >= 4 is 19.0 Å². The van der Waals surface area contributed by atoms with Crippen LogP contribution in [0.25, 0.3) is 11.2 Å². The van der Waals surface area contributed by atoms with E-state index in [0.717, 1.165) is 16.8 Å². The molecule has 11 heteroatoms. The van der Waals surface area contributed by atoms with Gasteiger partial charge in [-0.3, -0.25) is 14.3 Å². The lowest BCUT2D eigenvalue weighted by atomic mass is 10.1. The largest absolute Gasteiger partial charge is 0.466 e. The molecule has 0 fully saturated rings. The lowest BCUT2D eigenvalue weighted by Gasteiger charge is -1.98. The highest BCUT2D eigenvalue weighted by atomic mass is 31.2. The second-order valence-electron chi connectivity index (χ2n) is 4.81. The molecule has 2 heterocycles. The number of rotatable bonds is 2. The lowest BCUT2D eigenvalue weighted by molar-refractivity contribution is 0.275. The van der Waals surface area contributed by atoms with E-state index in [4.69, 9.17) is 19.2 Å². The summed E-state index contributed by atoms with van der Waals surface area (Å²) in [4.78, 5) is 54.3. The third-order valence-corrected chi connectivity index (χ3v) is 2.40. The first-order chi connectivity index (χ1) is 9.49. The number of hydrogen-bond acceptors (Lipinski definition) is 4. The number of H-pyrrole nitrogens is 2. The zero-order valence-corrected chi connectivity index (χ0v) is 12.6. The number of phosphoric acid groups is 1. The molecule has 10 nitrogen and oxygen atoms in total. The van der Waals surface area contributed by atoms with Crippen LogP contribution in [-0.4, -0.2) is 34.2 Å². The van der Waals surface area contributed by atoms with E-state index in [1.165, 1.54) is 7.05 Å². The molecule has 0 radical (unpaired) electrons. The van der Waals surface area contributed by atoms with Gasteiger partial charge in [-0.2, -0.15) is 0 Å². The first-order valence-corrected chi connectivity index (χ1v) is 7.51. The second-order valence-corrected chi connectivity index (χ2v) is 5.84. The van der Waals surface area contributed by atoms with Gasteiger partial charge in [0.1, 0.15) is 11.3 Å². The zero-order chi connectivity index (χ0) is 16.4. The standard InChI is InChI=1S/C10H14N4O2.H3O4P/c1-5(2)4-6-11-7-8(12-6)13-10(16)14(3)9(7)15;1-5(2,3)4/h5H,4H2,1-3H3,(H,11,12)(H,13,16);(H3,1,2,3,4). The fourth-order valence-corrected chi connectivity index (χ4v) is 1.60. The van der Waals surface area contributed by atoms with E-state index in [0.29, 0.717) is 17.1 Å². The van der Waals surface area contributed by atoms with Gasteiger partial charge in [0.25, 0.3) is 5.56 Å². The summed E-state index contributed by atoms with van der Waals surface area (Å²) in [7, 11) is -3.20. The minimum atomic E-state index is -4.64. The molecule has 2 rings (SSSR count). The highest BCUT2D eigenvalue weighted by Crippen LogP contribution is 2.25. The summed E-state index contributed by atoms with van der Waals surface area (Å²) in [6, 6.07) is 0. The predicted octanol–water partition coefficient (Wildman–Crippen LogP) is -0.780. The van der Waals surface area contributed by atoms with Gasteiger partial charge in [-0.15, -0.1) is 0 Å². The minimum absolute atomic E-state index is 0.337. The van der Waals surface area contributed by atoms with E-state index in [-0.39, 0.29) is 5.56 Å². The maximum Gasteiger partial charge on any atom is 0.466 e. The Kier molecular flexibility index (Phi) is 5.24. The third kappa shape index (κ3) is 5.27. The molecule has 5 N–H and O–H groups in total. The van der Waals surface area contributed by atoms with E-state index in [9.17, 15) is 9.59 Å². The summed E-state index contributed by atoms with van der Waals surface area (Å²) in [5.41, 5.74) is -0.0946. The van der Waals surface area contributed by atoms with Gasteiger partial charge in [0.2, 0.25) is 0 Å². The normalized spacial score (nSPS) is 11.6. The lowest BCUT2D eigenvalue weighted by Crippen LogP contribution is -2.32. The summed E-state index contributed by atoms with van der Waals surface area (Å²) < 4.78 is 9.91. The van der Waals surface area contributed by atoms with Gasteiger partial charge >= 0.3 is 13.5 Å². The molecule has 0 aliphatic rings. The Morgan fingerprint density at radius 2 is 1.76 bits per heavy atom. The maximum atomic E-state index is 11.7. The summed E-state index contributed by atoms with van der Waals surface area (Å²) in [6.07, 6.45) is 0.750. The van der Waals surface area contributed by atoms with E-state index in [1.807, 2.05) is 0 Å². The van der Waals surface area contributed by atoms with Crippen LogP contribution in [0.15, 0.2) is 9.59 Å². The highest BCUT2D eigenvalue weighted by Gasteiger charge is 2.10. The highest BCUT2D eigenvalue weighted by molar-refractivity contribution is 7.45. The number of imidazole rings is 1. The first kappa shape index (κ1) is 17.3. The van der Waals surface area contributed by atoms with Crippen molar-refractivity contribution in [3.05, 3.63) is 26.7 Å². The zero-order valence-electron chi connectivity index (χ0n) is 11.7. The van der Waals surface area contributed by atoms with Crippen LogP contribution in [-0.2, 0) is 18.0 Å². The summed E-state index contributed by atoms with van der Waals surface area (Å²) >= 11 is 0. The summed E-state index contributed by atoms with van der Waals surface area (Å²) in [5.74, 6) is 1.17. The van der Waals surface area contributed by atoms with Gasteiger partial charge in [-0.25, -0.2) is 14.3 Å². The third-order valence-electron chi connectivity index (χ3n) is 2.40. The number of fused-ring (bicyclic) bond motifs is 1. The molecule has 118 valence electrons. The maximum absolute atomic E-state index is 11.7. The Hall–Kier alpha value is -1.74. The van der Waals surface area contributed by atoms with Crippen molar-refractivity contribution in [2.75, 3.05) is 0 Å². The van der Waals surface area contributed by atoms with Gasteiger partial charge in [-0.05, 0) is 5.92 Å². The average Bonchev–Trinajstić information content (AvgIpc) is 2.65. The van der Waals surface area contributed by atoms with Crippen molar-refractivity contribution in [3.63, 3.8) is 0 Å². The van der Waals surface area contributed by atoms with E-state index >= 15 is 0 Å². The van der Waals surface area contributed by atoms with Gasteiger partial charge in [0.15, 0.2) is 5.65 Å². The van der Waals surface area contributed by atoms with Gasteiger partial charge in [0, 0.05) is 13.5 Å². The van der Waals surface area contributed by atoms with Crippen LogP contribution in [0.1, 0.15) is 19.7 Å². The molecule has 0 aromatic carbocycles. The van der Waals surface area contributed by atoms with Crippen LogP contribution >= 0.6 is 7.82 Å². The molecule has 0 saturated carbocycles. The molecule has 0 saturated heterocycles. The van der Waals surface area contributed by atoms with Gasteiger partial charge in [0.05, 0.1) is 0 Å². The molecule has 0 spiro atoms. The number of aromatic amines is 2. The molecule has 21 heavy (non-hydrogen) atoms. The monoisotopic (exact) mass is 320 g/mol. The molecule has 0 bridgehead atoms. The van der Waals surface area contributed by atoms with Gasteiger partial charge in [-0.1, -0.05) is 13.8 Å². The van der Waals surface area contributed by atoms with Crippen molar-refractivity contribution < 1.29 is 19.2 Å². The van der Waals surface area contributed by atoms with E-state index in [1.54, 1.807) is 0 Å². The SMILES string of the molecule is CC(C)Cc1nc2[nH]c(=O)n(C)c(=O)c2[nH]1.O=P(O)(O)O. The van der Waals surface area contributed by atoms with Crippen LogP contribution in [0.2, 0.25) is 0 Å². The Bertz CT molecular complexity index is 775. The molecule has 2 aromatic heterocycles. The van der Waals surface area contributed by atoms with Crippen molar-refractivity contribution in [2.24, 2.45) is 13.0 Å². The molecular weight excluding hydrogens is 303 g/mol. The molecular formula is C10H17N4O6P. The minimum Gasteiger partial charge on any atom is -0.336 e. The van der Waals surface area contributed by atoms with Crippen LogP contribution in [0.5, 0.6) is 0 Å². The fourth-order valence-electron chi connectivity index (χ4n) is 1.60. The molecule has 0 atom stereocenters. The molecule has 0 aliphatic heterocycles. The Balaban J connectivity index is 0.000000383. The first-order valence-electron chi connectivity index (χ1n) is 5.95. The fraction of sp³-hybridized carbons (Fsp3) is 0.500. The van der Waals surface area contributed by atoms with Crippen LogP contribution in [0.4, 0.5) is 0 Å². The number of nitrogens with one attached hydrogen (secondary N) is 2. The summed E-state index contributed by atoms with van der Waals surface area (Å²) in [6.45, 7) is 4.13. The Morgan fingerprint density at radius 3 is 2.24 bits per heavy atom. The second kappa shape index (κ2) is 6.35. The van der Waals surface area contributed by atoms with Crippen LogP contribution in [0.3, 0.4) is 0 Å². The van der Waals surface area contributed by atoms with Crippen LogP contribution in [0, 0.1) is 5.92 Å². The van der Waals surface area contributed by atoms with Gasteiger partial charge < -0.3 is 19.7 Å². The molecule has 0 amide bonds. The topological polar surface area (TPSA) is 161 Å².